The number of methoxy groups -OCH3 is 2. The minimum atomic E-state index is 0.187. The Morgan fingerprint density at radius 3 is 2.46 bits per heavy atom. The van der Waals surface area contributed by atoms with Gasteiger partial charge < -0.3 is 9.47 Å². The number of rotatable bonds is 4. The molecule has 28 heavy (non-hydrogen) atoms. The van der Waals surface area contributed by atoms with Crippen LogP contribution in [0.25, 0.3) is 5.69 Å². The van der Waals surface area contributed by atoms with Crippen molar-refractivity contribution in [2.75, 3.05) is 31.6 Å². The number of hydroxylamine groups is 1. The maximum atomic E-state index is 6.12. The van der Waals surface area contributed by atoms with Crippen LogP contribution >= 0.6 is 11.8 Å². The number of benzene rings is 2. The third-order valence-electron chi connectivity index (χ3n) is 5.38. The smallest absolute Gasteiger partial charge is 0.199 e. The van der Waals surface area contributed by atoms with Crippen LogP contribution in [0.4, 0.5) is 5.69 Å². The minimum Gasteiger partial charge on any atom is -0.497 e. The molecule has 0 spiro atoms. The Morgan fingerprint density at radius 1 is 0.964 bits per heavy atom. The van der Waals surface area contributed by atoms with Gasteiger partial charge in [-0.2, -0.15) is 0 Å². The highest BCUT2D eigenvalue weighted by atomic mass is 32.2. The summed E-state index contributed by atoms with van der Waals surface area (Å²) in [5.41, 5.74) is 3.41. The fraction of sp³-hybridized carbons (Fsp3) is 0.273. The van der Waals surface area contributed by atoms with E-state index in [1.165, 1.54) is 10.6 Å². The standard InChI is InChI=1S/C22H22N2O3S/c1-25-18-10-8-16(9-11-18)23-20(26-2)12-19-21-15(14-28-22(19)23)13-27-24(21)17-6-4-3-5-7-17/h3-12,15,21H,13-14H2,1-2H3. The van der Waals surface area contributed by atoms with E-state index in [0.717, 1.165) is 35.4 Å². The van der Waals surface area contributed by atoms with Crippen LogP contribution in [0, 0.1) is 5.92 Å². The molecule has 2 aromatic carbocycles. The van der Waals surface area contributed by atoms with Gasteiger partial charge in [0.2, 0.25) is 0 Å². The SMILES string of the molecule is COc1ccc(-n2c(OC)cc3c2SCC2CON(c4ccccc4)C32)cc1. The Hall–Kier alpha value is -2.57. The van der Waals surface area contributed by atoms with Gasteiger partial charge in [-0.3, -0.25) is 9.40 Å². The molecule has 3 heterocycles. The van der Waals surface area contributed by atoms with Gasteiger partial charge in [-0.1, -0.05) is 18.2 Å². The number of aromatic nitrogens is 1. The maximum Gasteiger partial charge on any atom is 0.199 e. The van der Waals surface area contributed by atoms with Crippen LogP contribution in [0.15, 0.2) is 65.7 Å². The van der Waals surface area contributed by atoms with Crippen molar-refractivity contribution in [1.82, 2.24) is 4.57 Å². The van der Waals surface area contributed by atoms with E-state index < -0.39 is 0 Å². The molecule has 1 aromatic heterocycles. The first kappa shape index (κ1) is 17.5. The monoisotopic (exact) mass is 394 g/mol. The fourth-order valence-corrected chi connectivity index (χ4v) is 5.35. The van der Waals surface area contributed by atoms with Crippen LogP contribution in [0.1, 0.15) is 11.6 Å². The van der Waals surface area contributed by atoms with Gasteiger partial charge in [0.1, 0.15) is 5.75 Å². The van der Waals surface area contributed by atoms with E-state index in [-0.39, 0.29) is 6.04 Å². The van der Waals surface area contributed by atoms with E-state index in [1.54, 1.807) is 14.2 Å². The normalized spacial score (nSPS) is 20.6. The predicted octanol–water partition coefficient (Wildman–Crippen LogP) is 4.71. The highest BCUT2D eigenvalue weighted by Crippen LogP contribution is 2.51. The summed E-state index contributed by atoms with van der Waals surface area (Å²) in [5, 5.41) is 3.29. The Balaban J connectivity index is 1.60. The third kappa shape index (κ3) is 2.75. The van der Waals surface area contributed by atoms with E-state index in [2.05, 4.69) is 40.0 Å². The van der Waals surface area contributed by atoms with Gasteiger partial charge in [0.15, 0.2) is 5.88 Å². The van der Waals surface area contributed by atoms with Crippen molar-refractivity contribution in [3.63, 3.8) is 0 Å². The summed E-state index contributed by atoms with van der Waals surface area (Å²) in [4.78, 5) is 6.12. The Labute approximate surface area is 168 Å². The molecule has 2 aliphatic heterocycles. The van der Waals surface area contributed by atoms with Crippen LogP contribution in [0.2, 0.25) is 0 Å². The van der Waals surface area contributed by atoms with Crippen molar-refractivity contribution in [2.45, 2.75) is 11.1 Å². The number of thioether (sulfide) groups is 1. The number of hydrogen-bond acceptors (Lipinski definition) is 5. The molecule has 144 valence electrons. The Bertz CT molecular complexity index is 971. The topological polar surface area (TPSA) is 35.9 Å². The number of fused-ring (bicyclic) bond motifs is 3. The molecular weight excluding hydrogens is 372 g/mol. The van der Waals surface area contributed by atoms with E-state index in [4.69, 9.17) is 14.3 Å². The lowest BCUT2D eigenvalue weighted by Gasteiger charge is -2.30. The predicted molar refractivity (Wildman–Crippen MR) is 111 cm³/mol. The summed E-state index contributed by atoms with van der Waals surface area (Å²) >= 11 is 1.88. The molecule has 2 aliphatic rings. The van der Waals surface area contributed by atoms with Crippen molar-refractivity contribution in [3.8, 4) is 17.3 Å². The van der Waals surface area contributed by atoms with Crippen molar-refractivity contribution in [3.05, 3.63) is 66.2 Å². The second-order valence-corrected chi connectivity index (χ2v) is 7.96. The lowest BCUT2D eigenvalue weighted by Crippen LogP contribution is -2.27. The molecule has 3 aromatic rings. The van der Waals surface area contributed by atoms with Crippen LogP contribution < -0.4 is 14.5 Å². The summed E-state index contributed by atoms with van der Waals surface area (Å²) in [6.07, 6.45) is 0. The second kappa shape index (κ2) is 7.11. The number of anilines is 1. The molecule has 5 rings (SSSR count). The molecule has 1 fully saturated rings. The van der Waals surface area contributed by atoms with Crippen LogP contribution in [0.3, 0.4) is 0 Å². The molecule has 0 radical (unpaired) electrons. The quantitative estimate of drug-likeness (QED) is 0.640. The van der Waals surface area contributed by atoms with E-state index in [9.17, 15) is 0 Å². The van der Waals surface area contributed by atoms with Crippen LogP contribution in [-0.2, 0) is 4.84 Å². The summed E-state index contributed by atoms with van der Waals surface area (Å²) in [7, 11) is 3.41. The number of para-hydroxylation sites is 1. The molecular formula is C22H22N2O3S. The first-order chi connectivity index (χ1) is 13.8. The molecule has 2 unspecified atom stereocenters. The molecule has 0 aliphatic carbocycles. The van der Waals surface area contributed by atoms with E-state index in [0.29, 0.717) is 5.92 Å². The van der Waals surface area contributed by atoms with Crippen molar-refractivity contribution < 1.29 is 14.3 Å². The molecule has 0 N–H and O–H groups in total. The molecule has 0 saturated carbocycles. The highest BCUT2D eigenvalue weighted by molar-refractivity contribution is 7.99. The van der Waals surface area contributed by atoms with Crippen molar-refractivity contribution >= 4 is 17.4 Å². The molecule has 1 saturated heterocycles. The van der Waals surface area contributed by atoms with Gasteiger partial charge in [-0.25, -0.2) is 5.06 Å². The first-order valence-electron chi connectivity index (χ1n) is 9.34. The number of nitrogens with zero attached hydrogens (tertiary/aromatic N) is 2. The zero-order valence-electron chi connectivity index (χ0n) is 15.9. The molecule has 0 amide bonds. The van der Waals surface area contributed by atoms with E-state index in [1.807, 2.05) is 42.1 Å². The summed E-state index contributed by atoms with van der Waals surface area (Å²) in [6.45, 7) is 0.738. The first-order valence-corrected chi connectivity index (χ1v) is 10.3. The molecule has 0 bridgehead atoms. The lowest BCUT2D eigenvalue weighted by atomic mass is 9.97. The average molecular weight is 394 g/mol. The summed E-state index contributed by atoms with van der Waals surface area (Å²) < 4.78 is 13.3. The van der Waals surface area contributed by atoms with Gasteiger partial charge in [0.25, 0.3) is 0 Å². The number of ether oxygens (including phenoxy) is 2. The van der Waals surface area contributed by atoms with Gasteiger partial charge in [-0.15, -0.1) is 11.8 Å². The van der Waals surface area contributed by atoms with Crippen molar-refractivity contribution in [1.29, 1.82) is 0 Å². The van der Waals surface area contributed by atoms with Gasteiger partial charge >= 0.3 is 0 Å². The van der Waals surface area contributed by atoms with Gasteiger partial charge in [-0.05, 0) is 36.4 Å². The summed E-state index contributed by atoms with van der Waals surface area (Å²) in [6, 6.07) is 20.8. The van der Waals surface area contributed by atoms with Gasteiger partial charge in [0, 0.05) is 29.0 Å². The fourth-order valence-electron chi connectivity index (χ4n) is 4.03. The third-order valence-corrected chi connectivity index (χ3v) is 6.67. The highest BCUT2D eigenvalue weighted by Gasteiger charge is 2.43. The maximum absolute atomic E-state index is 6.12. The van der Waals surface area contributed by atoms with Gasteiger partial charge in [0.05, 0.1) is 37.6 Å². The average Bonchev–Trinajstić information content (AvgIpc) is 3.35. The lowest BCUT2D eigenvalue weighted by molar-refractivity contribution is 0.154. The van der Waals surface area contributed by atoms with Crippen LogP contribution in [0.5, 0.6) is 11.6 Å². The van der Waals surface area contributed by atoms with Crippen molar-refractivity contribution in [2.24, 2.45) is 5.92 Å². The van der Waals surface area contributed by atoms with Crippen LogP contribution in [-0.4, -0.2) is 31.1 Å². The molecule has 5 nitrogen and oxygen atoms in total. The molecule has 6 heteroatoms. The zero-order valence-corrected chi connectivity index (χ0v) is 16.7. The van der Waals surface area contributed by atoms with E-state index >= 15 is 0 Å². The largest absolute Gasteiger partial charge is 0.497 e. The molecule has 2 atom stereocenters. The Morgan fingerprint density at radius 2 is 1.75 bits per heavy atom. The minimum absolute atomic E-state index is 0.187. The second-order valence-electron chi connectivity index (χ2n) is 6.95. The Kier molecular flexibility index (Phi) is 4.45. The summed E-state index contributed by atoms with van der Waals surface area (Å²) in [5.74, 6) is 3.15. The zero-order chi connectivity index (χ0) is 19.1. The number of hydrogen-bond donors (Lipinski definition) is 0.